The Morgan fingerprint density at radius 3 is 2.54 bits per heavy atom. The van der Waals surface area contributed by atoms with Gasteiger partial charge in [-0.3, -0.25) is 0 Å². The summed E-state index contributed by atoms with van der Waals surface area (Å²) in [5, 5.41) is 3.33. The van der Waals surface area contributed by atoms with E-state index in [0.29, 0.717) is 0 Å². The monoisotopic (exact) mass is 169 g/mol. The van der Waals surface area contributed by atoms with Crippen molar-refractivity contribution in [2.75, 3.05) is 6.54 Å². The maximum atomic E-state index is 3.33. The SMILES string of the molecule is Bc1ccc(C2=CC=CCN2)cc1. The Morgan fingerprint density at radius 1 is 1.15 bits per heavy atom. The molecule has 0 saturated heterocycles. The molecule has 0 amide bonds. The third kappa shape index (κ3) is 1.83. The fraction of sp³-hybridized carbons (Fsp3) is 0.0909. The normalized spacial score (nSPS) is 14.9. The molecular weight excluding hydrogens is 157 g/mol. The predicted octanol–water partition coefficient (Wildman–Crippen LogP) is 0.445. The van der Waals surface area contributed by atoms with Crippen LogP contribution in [-0.4, -0.2) is 14.4 Å². The molecule has 0 atom stereocenters. The lowest BCUT2D eigenvalue weighted by Crippen LogP contribution is -2.14. The van der Waals surface area contributed by atoms with E-state index in [2.05, 4.69) is 55.7 Å². The van der Waals surface area contributed by atoms with Gasteiger partial charge in [0, 0.05) is 12.2 Å². The van der Waals surface area contributed by atoms with Crippen LogP contribution in [0.25, 0.3) is 5.70 Å². The molecule has 1 aliphatic heterocycles. The van der Waals surface area contributed by atoms with E-state index in [1.165, 1.54) is 16.7 Å². The first kappa shape index (κ1) is 8.18. The highest BCUT2D eigenvalue weighted by Crippen LogP contribution is 2.11. The number of allylic oxidation sites excluding steroid dienone is 2. The average Bonchev–Trinajstić information content (AvgIpc) is 2.20. The lowest BCUT2D eigenvalue weighted by atomic mass is 9.94. The van der Waals surface area contributed by atoms with Crippen LogP contribution in [0.2, 0.25) is 0 Å². The second-order valence-electron chi connectivity index (χ2n) is 3.26. The van der Waals surface area contributed by atoms with Gasteiger partial charge in [0.25, 0.3) is 0 Å². The molecular formula is C11H12BN. The Bertz CT molecular complexity index is 349. The fourth-order valence-electron chi connectivity index (χ4n) is 1.39. The molecule has 13 heavy (non-hydrogen) atoms. The number of nitrogens with one attached hydrogen (secondary N) is 1. The van der Waals surface area contributed by atoms with E-state index in [1.54, 1.807) is 0 Å². The van der Waals surface area contributed by atoms with Crippen molar-refractivity contribution in [3.8, 4) is 0 Å². The molecule has 1 heterocycles. The van der Waals surface area contributed by atoms with Gasteiger partial charge < -0.3 is 5.32 Å². The van der Waals surface area contributed by atoms with Gasteiger partial charge in [-0.25, -0.2) is 0 Å². The van der Waals surface area contributed by atoms with E-state index in [4.69, 9.17) is 0 Å². The van der Waals surface area contributed by atoms with Crippen LogP contribution in [-0.2, 0) is 0 Å². The number of dihydropyridines is 1. The summed E-state index contributed by atoms with van der Waals surface area (Å²) >= 11 is 0. The van der Waals surface area contributed by atoms with Crippen molar-refractivity contribution >= 4 is 19.0 Å². The summed E-state index contributed by atoms with van der Waals surface area (Å²) in [7, 11) is 2.10. The van der Waals surface area contributed by atoms with Crippen LogP contribution in [0.4, 0.5) is 0 Å². The van der Waals surface area contributed by atoms with Crippen molar-refractivity contribution in [1.82, 2.24) is 5.32 Å². The molecule has 2 heteroatoms. The molecule has 0 aliphatic carbocycles. The van der Waals surface area contributed by atoms with Crippen molar-refractivity contribution in [2.24, 2.45) is 0 Å². The van der Waals surface area contributed by atoms with Gasteiger partial charge in [-0.15, -0.1) is 0 Å². The first-order valence-corrected chi connectivity index (χ1v) is 4.54. The van der Waals surface area contributed by atoms with Crippen LogP contribution in [0, 0.1) is 0 Å². The van der Waals surface area contributed by atoms with Crippen molar-refractivity contribution in [3.05, 3.63) is 48.1 Å². The average molecular weight is 169 g/mol. The zero-order valence-corrected chi connectivity index (χ0v) is 7.75. The van der Waals surface area contributed by atoms with E-state index in [0.717, 1.165) is 6.54 Å². The number of rotatable bonds is 1. The molecule has 1 aromatic carbocycles. The second-order valence-corrected chi connectivity index (χ2v) is 3.26. The predicted molar refractivity (Wildman–Crippen MR) is 59.7 cm³/mol. The topological polar surface area (TPSA) is 12.0 Å². The Labute approximate surface area is 79.6 Å². The minimum absolute atomic E-state index is 0.930. The first-order chi connectivity index (χ1) is 6.36. The van der Waals surface area contributed by atoms with Gasteiger partial charge in [0.1, 0.15) is 7.85 Å². The van der Waals surface area contributed by atoms with Gasteiger partial charge in [0.15, 0.2) is 0 Å². The number of benzene rings is 1. The molecule has 1 aliphatic rings. The summed E-state index contributed by atoms with van der Waals surface area (Å²) in [6, 6.07) is 8.56. The molecule has 0 fully saturated rings. The van der Waals surface area contributed by atoms with Crippen molar-refractivity contribution in [1.29, 1.82) is 0 Å². The highest BCUT2D eigenvalue weighted by molar-refractivity contribution is 6.32. The van der Waals surface area contributed by atoms with Crippen LogP contribution in [0.15, 0.2) is 42.5 Å². The summed E-state index contributed by atoms with van der Waals surface area (Å²) in [6.07, 6.45) is 6.30. The van der Waals surface area contributed by atoms with Crippen molar-refractivity contribution in [3.63, 3.8) is 0 Å². The fourth-order valence-corrected chi connectivity index (χ4v) is 1.39. The van der Waals surface area contributed by atoms with Gasteiger partial charge in [0.05, 0.1) is 0 Å². The summed E-state index contributed by atoms with van der Waals surface area (Å²) in [5.74, 6) is 0. The van der Waals surface area contributed by atoms with Gasteiger partial charge in [-0.1, -0.05) is 41.9 Å². The molecule has 0 unspecified atom stereocenters. The first-order valence-electron chi connectivity index (χ1n) is 4.54. The van der Waals surface area contributed by atoms with Crippen LogP contribution in [0.1, 0.15) is 5.56 Å². The summed E-state index contributed by atoms with van der Waals surface area (Å²) in [5.41, 5.74) is 3.77. The number of hydrogen-bond donors (Lipinski definition) is 1. The minimum Gasteiger partial charge on any atom is -0.381 e. The molecule has 64 valence electrons. The third-order valence-electron chi connectivity index (χ3n) is 2.17. The molecule has 1 N–H and O–H groups in total. The highest BCUT2D eigenvalue weighted by Gasteiger charge is 2.00. The Balaban J connectivity index is 2.30. The summed E-state index contributed by atoms with van der Waals surface area (Å²) in [6.45, 7) is 0.930. The van der Waals surface area contributed by atoms with Gasteiger partial charge >= 0.3 is 0 Å². The molecule has 0 radical (unpaired) electrons. The van der Waals surface area contributed by atoms with E-state index in [1.807, 2.05) is 0 Å². The number of hydrogen-bond acceptors (Lipinski definition) is 1. The maximum absolute atomic E-state index is 3.33. The zero-order valence-electron chi connectivity index (χ0n) is 7.75. The molecule has 1 aromatic rings. The largest absolute Gasteiger partial charge is 0.381 e. The zero-order chi connectivity index (χ0) is 9.10. The lowest BCUT2D eigenvalue weighted by molar-refractivity contribution is 0.996. The Kier molecular flexibility index (Phi) is 2.22. The second kappa shape index (κ2) is 3.52. The van der Waals surface area contributed by atoms with Crippen LogP contribution in [0.3, 0.4) is 0 Å². The van der Waals surface area contributed by atoms with Crippen LogP contribution in [0.5, 0.6) is 0 Å². The Morgan fingerprint density at radius 2 is 1.92 bits per heavy atom. The van der Waals surface area contributed by atoms with E-state index in [9.17, 15) is 0 Å². The molecule has 0 spiro atoms. The van der Waals surface area contributed by atoms with Crippen molar-refractivity contribution in [2.45, 2.75) is 0 Å². The molecule has 0 aromatic heterocycles. The van der Waals surface area contributed by atoms with E-state index in [-0.39, 0.29) is 0 Å². The van der Waals surface area contributed by atoms with Crippen molar-refractivity contribution < 1.29 is 0 Å². The van der Waals surface area contributed by atoms with Gasteiger partial charge in [-0.05, 0) is 11.6 Å². The van der Waals surface area contributed by atoms with Crippen LogP contribution < -0.4 is 10.8 Å². The van der Waals surface area contributed by atoms with Gasteiger partial charge in [0.2, 0.25) is 0 Å². The molecule has 1 nitrogen and oxygen atoms in total. The quantitative estimate of drug-likeness (QED) is 0.601. The smallest absolute Gasteiger partial charge is 0.139 e. The minimum atomic E-state index is 0.930. The summed E-state index contributed by atoms with van der Waals surface area (Å²) in [4.78, 5) is 0. The highest BCUT2D eigenvalue weighted by atomic mass is 14.9. The standard InChI is InChI=1S/C11H12BN/c12-10-6-4-9(5-7-10)11-3-1-2-8-13-11/h1-7,13H,8,12H2. The maximum Gasteiger partial charge on any atom is 0.139 e. The van der Waals surface area contributed by atoms with Gasteiger partial charge in [-0.2, -0.15) is 0 Å². The lowest BCUT2D eigenvalue weighted by Gasteiger charge is -2.12. The van der Waals surface area contributed by atoms with Crippen LogP contribution >= 0.6 is 0 Å². The third-order valence-corrected chi connectivity index (χ3v) is 2.17. The molecule has 2 rings (SSSR count). The summed E-state index contributed by atoms with van der Waals surface area (Å²) < 4.78 is 0. The van der Waals surface area contributed by atoms with E-state index < -0.39 is 0 Å². The molecule has 0 saturated carbocycles. The Hall–Kier alpha value is -1.44. The van der Waals surface area contributed by atoms with E-state index >= 15 is 0 Å². The molecule has 0 bridgehead atoms.